The molecule has 146 valence electrons. The largest absolute Gasteiger partial charge is 0.493 e. The number of methoxy groups -OCH3 is 2. The zero-order valence-electron chi connectivity index (χ0n) is 14.7. The molecule has 2 rings (SSSR count). The minimum absolute atomic E-state index is 0.398. The molecule has 0 saturated heterocycles. The Morgan fingerprint density at radius 1 is 1.11 bits per heavy atom. The molecule has 1 unspecified atom stereocenters. The van der Waals surface area contributed by atoms with Crippen LogP contribution in [0.25, 0.3) is 0 Å². The number of nitrogens with two attached hydrogens (primary N) is 1. The minimum Gasteiger partial charge on any atom is -0.493 e. The van der Waals surface area contributed by atoms with Gasteiger partial charge in [0.25, 0.3) is 15.9 Å². The van der Waals surface area contributed by atoms with Gasteiger partial charge in [0, 0.05) is 11.8 Å². The number of furan rings is 1. The second-order valence-corrected chi connectivity index (χ2v) is 6.76. The van der Waals surface area contributed by atoms with E-state index in [0.717, 1.165) is 12.1 Å². The van der Waals surface area contributed by atoms with Crippen LogP contribution in [0.15, 0.2) is 39.8 Å². The molecule has 0 aliphatic rings. The summed E-state index contributed by atoms with van der Waals surface area (Å²) < 4.78 is 42.3. The Labute approximate surface area is 155 Å². The predicted molar refractivity (Wildman–Crippen MR) is 93.1 cm³/mol. The van der Waals surface area contributed by atoms with Gasteiger partial charge in [-0.15, -0.1) is 0 Å². The SMILES string of the molecule is COc1ccc(NC(=O)C(C)OC(=O)c2ccc(S(N)(=O)=O)o2)cc1OC. The van der Waals surface area contributed by atoms with Crippen molar-refractivity contribution < 1.29 is 36.6 Å². The molecule has 0 radical (unpaired) electrons. The molecule has 1 amide bonds. The zero-order chi connectivity index (χ0) is 20.2. The van der Waals surface area contributed by atoms with Crippen LogP contribution < -0.4 is 19.9 Å². The number of primary sulfonamides is 1. The molecule has 1 atom stereocenters. The molecule has 27 heavy (non-hydrogen) atoms. The first-order valence-corrected chi connectivity index (χ1v) is 9.07. The van der Waals surface area contributed by atoms with Gasteiger partial charge in [-0.05, 0) is 31.2 Å². The summed E-state index contributed by atoms with van der Waals surface area (Å²) >= 11 is 0. The minimum atomic E-state index is -4.09. The summed E-state index contributed by atoms with van der Waals surface area (Å²) in [5.74, 6) is -1.14. The Bertz CT molecular complexity index is 951. The molecule has 10 nitrogen and oxygen atoms in total. The summed E-state index contributed by atoms with van der Waals surface area (Å²) in [5.41, 5.74) is 0.398. The second kappa shape index (κ2) is 8.10. The Morgan fingerprint density at radius 2 is 1.78 bits per heavy atom. The van der Waals surface area contributed by atoms with Crippen molar-refractivity contribution in [3.8, 4) is 11.5 Å². The third kappa shape index (κ3) is 4.99. The summed E-state index contributed by atoms with van der Waals surface area (Å²) in [6, 6.07) is 6.82. The summed E-state index contributed by atoms with van der Waals surface area (Å²) in [5, 5.41) is 6.86. The average Bonchev–Trinajstić information content (AvgIpc) is 3.12. The molecule has 3 N–H and O–H groups in total. The number of nitrogens with one attached hydrogen (secondary N) is 1. The van der Waals surface area contributed by atoms with Crippen molar-refractivity contribution in [1.82, 2.24) is 0 Å². The quantitative estimate of drug-likeness (QED) is 0.660. The van der Waals surface area contributed by atoms with Gasteiger partial charge in [0.15, 0.2) is 17.6 Å². The maximum Gasteiger partial charge on any atom is 0.375 e. The summed E-state index contributed by atoms with van der Waals surface area (Å²) in [7, 11) is -1.16. The molecule has 1 aromatic carbocycles. The highest BCUT2D eigenvalue weighted by molar-refractivity contribution is 7.89. The smallest absolute Gasteiger partial charge is 0.375 e. The van der Waals surface area contributed by atoms with E-state index in [4.69, 9.17) is 23.8 Å². The van der Waals surface area contributed by atoms with Gasteiger partial charge in [-0.1, -0.05) is 0 Å². The topological polar surface area (TPSA) is 147 Å². The Kier molecular flexibility index (Phi) is 6.08. The fourth-order valence-corrected chi connectivity index (χ4v) is 2.48. The van der Waals surface area contributed by atoms with Crippen LogP contribution in [0, 0.1) is 0 Å². The molecular weight excluding hydrogens is 380 g/mol. The zero-order valence-corrected chi connectivity index (χ0v) is 15.5. The Balaban J connectivity index is 2.03. The van der Waals surface area contributed by atoms with E-state index < -0.39 is 38.9 Å². The summed E-state index contributed by atoms with van der Waals surface area (Å²) in [6.07, 6.45) is -1.19. The van der Waals surface area contributed by atoms with Gasteiger partial charge >= 0.3 is 5.97 Å². The lowest BCUT2D eigenvalue weighted by molar-refractivity contribution is -0.123. The highest BCUT2D eigenvalue weighted by Crippen LogP contribution is 2.29. The van der Waals surface area contributed by atoms with Crippen molar-refractivity contribution in [2.45, 2.75) is 18.1 Å². The highest BCUT2D eigenvalue weighted by atomic mass is 32.2. The van der Waals surface area contributed by atoms with Crippen molar-refractivity contribution in [1.29, 1.82) is 0 Å². The van der Waals surface area contributed by atoms with E-state index in [0.29, 0.717) is 17.2 Å². The lowest BCUT2D eigenvalue weighted by atomic mass is 10.2. The number of amides is 1. The lowest BCUT2D eigenvalue weighted by Gasteiger charge is -2.14. The lowest BCUT2D eigenvalue weighted by Crippen LogP contribution is -2.29. The Hall–Kier alpha value is -3.05. The molecular formula is C16H18N2O8S. The fourth-order valence-electron chi connectivity index (χ4n) is 2.01. The van der Waals surface area contributed by atoms with Crippen LogP contribution in [0.4, 0.5) is 5.69 Å². The van der Waals surface area contributed by atoms with Crippen LogP contribution in [0.5, 0.6) is 11.5 Å². The van der Waals surface area contributed by atoms with Crippen LogP contribution in [0.1, 0.15) is 17.5 Å². The van der Waals surface area contributed by atoms with Crippen LogP contribution in [-0.4, -0.2) is 40.6 Å². The molecule has 0 fully saturated rings. The van der Waals surface area contributed by atoms with E-state index in [1.807, 2.05) is 0 Å². The van der Waals surface area contributed by atoms with Crippen molar-refractivity contribution >= 4 is 27.6 Å². The monoisotopic (exact) mass is 398 g/mol. The van der Waals surface area contributed by atoms with Gasteiger partial charge in [0.1, 0.15) is 0 Å². The highest BCUT2D eigenvalue weighted by Gasteiger charge is 2.23. The van der Waals surface area contributed by atoms with Gasteiger partial charge in [-0.3, -0.25) is 4.79 Å². The molecule has 1 heterocycles. The fraction of sp³-hybridized carbons (Fsp3) is 0.250. The first-order valence-electron chi connectivity index (χ1n) is 7.52. The molecule has 1 aromatic heterocycles. The molecule has 2 aromatic rings. The van der Waals surface area contributed by atoms with E-state index in [9.17, 15) is 18.0 Å². The van der Waals surface area contributed by atoms with Crippen molar-refractivity contribution in [2.75, 3.05) is 19.5 Å². The van der Waals surface area contributed by atoms with Crippen LogP contribution in [-0.2, 0) is 19.6 Å². The van der Waals surface area contributed by atoms with Crippen LogP contribution in [0.3, 0.4) is 0 Å². The number of esters is 1. The third-order valence-electron chi connectivity index (χ3n) is 3.37. The number of sulfonamides is 1. The number of carbonyl (C=O) groups excluding carboxylic acids is 2. The maximum atomic E-state index is 12.2. The number of hydrogen-bond donors (Lipinski definition) is 2. The van der Waals surface area contributed by atoms with Crippen molar-refractivity contribution in [3.05, 3.63) is 36.1 Å². The number of anilines is 1. The summed E-state index contributed by atoms with van der Waals surface area (Å²) in [4.78, 5) is 24.2. The van der Waals surface area contributed by atoms with Gasteiger partial charge in [-0.2, -0.15) is 0 Å². The molecule has 0 aliphatic heterocycles. The third-order valence-corrected chi connectivity index (χ3v) is 4.15. The number of ether oxygens (including phenoxy) is 3. The number of benzene rings is 1. The average molecular weight is 398 g/mol. The first-order chi connectivity index (χ1) is 12.7. The molecule has 0 bridgehead atoms. The van der Waals surface area contributed by atoms with E-state index in [1.54, 1.807) is 12.1 Å². The molecule has 0 saturated carbocycles. The molecule has 11 heteroatoms. The van der Waals surface area contributed by atoms with E-state index in [-0.39, 0.29) is 0 Å². The maximum absolute atomic E-state index is 12.2. The normalized spacial score (nSPS) is 12.1. The van der Waals surface area contributed by atoms with Gasteiger partial charge in [0.05, 0.1) is 14.2 Å². The number of hydrogen-bond acceptors (Lipinski definition) is 8. The molecule has 0 spiro atoms. The van der Waals surface area contributed by atoms with Crippen LogP contribution >= 0.6 is 0 Å². The van der Waals surface area contributed by atoms with E-state index in [2.05, 4.69) is 5.32 Å². The number of carbonyl (C=O) groups is 2. The second-order valence-electron chi connectivity index (χ2n) is 5.27. The van der Waals surface area contributed by atoms with Crippen molar-refractivity contribution in [2.24, 2.45) is 5.14 Å². The Morgan fingerprint density at radius 3 is 2.33 bits per heavy atom. The van der Waals surface area contributed by atoms with Gasteiger partial charge in [0.2, 0.25) is 10.9 Å². The number of rotatable bonds is 7. The predicted octanol–water partition coefficient (Wildman–Crippen LogP) is 1.13. The van der Waals surface area contributed by atoms with Gasteiger partial charge < -0.3 is 23.9 Å². The standard InChI is InChI=1S/C16H18N2O8S/c1-9(25-16(20)12-6-7-14(26-12)27(17,21)22)15(19)18-10-4-5-11(23-2)13(8-10)24-3/h4-9H,1-3H3,(H,18,19)(H2,17,21,22). The van der Waals surface area contributed by atoms with Gasteiger partial charge in [-0.25, -0.2) is 18.4 Å². The summed E-state index contributed by atoms with van der Waals surface area (Å²) in [6.45, 7) is 1.34. The van der Waals surface area contributed by atoms with E-state index >= 15 is 0 Å². The van der Waals surface area contributed by atoms with Crippen molar-refractivity contribution in [3.63, 3.8) is 0 Å². The van der Waals surface area contributed by atoms with Crippen LogP contribution in [0.2, 0.25) is 0 Å². The van der Waals surface area contributed by atoms with E-state index in [1.165, 1.54) is 27.2 Å². The molecule has 0 aliphatic carbocycles. The first kappa shape index (κ1) is 20.3.